The highest BCUT2D eigenvalue weighted by Gasteiger charge is 2.34. The fourth-order valence-corrected chi connectivity index (χ4v) is 4.04. The Bertz CT molecular complexity index is 640. The van der Waals surface area contributed by atoms with E-state index in [-0.39, 0.29) is 18.0 Å². The quantitative estimate of drug-likeness (QED) is 0.818. The maximum atomic E-state index is 9.84. The van der Waals surface area contributed by atoms with E-state index in [0.29, 0.717) is 18.4 Å². The molecule has 3 rings (SSSR count). The van der Waals surface area contributed by atoms with Gasteiger partial charge in [0.25, 0.3) is 0 Å². The number of rotatable bonds is 7. The summed E-state index contributed by atoms with van der Waals surface area (Å²) in [6, 6.07) is 5.69. The number of hydrogen-bond acceptors (Lipinski definition) is 5. The Morgan fingerprint density at radius 2 is 2.08 bits per heavy atom. The number of β-amino-alcohol motifs (C(OH)–C–C–N with tert-alkyl or cyclic N) is 1. The van der Waals surface area contributed by atoms with Crippen molar-refractivity contribution >= 4 is 0 Å². The lowest BCUT2D eigenvalue weighted by atomic mass is 9.91. The molecule has 0 aromatic heterocycles. The molecule has 1 aliphatic heterocycles. The molecular formula is C20H31NO4. The van der Waals surface area contributed by atoms with E-state index in [9.17, 15) is 5.11 Å². The zero-order valence-electron chi connectivity index (χ0n) is 17.9. The number of likely N-dealkylation sites (tertiary alicyclic amines) is 1. The molecule has 5 heteroatoms. The van der Waals surface area contributed by atoms with Crippen molar-refractivity contribution in [3.8, 4) is 11.5 Å². The number of hydrogen-bond donors (Lipinski definition) is 1. The predicted octanol–water partition coefficient (Wildman–Crippen LogP) is 2.64. The van der Waals surface area contributed by atoms with Crippen molar-refractivity contribution in [3.63, 3.8) is 0 Å². The largest absolute Gasteiger partial charge is 0.493 e. The van der Waals surface area contributed by atoms with E-state index < -0.39 is 7.04 Å². The summed E-state index contributed by atoms with van der Waals surface area (Å²) >= 11 is 0. The van der Waals surface area contributed by atoms with Crippen molar-refractivity contribution in [2.24, 2.45) is 0 Å². The summed E-state index contributed by atoms with van der Waals surface area (Å²) in [4.78, 5) is 2.39. The third kappa shape index (κ3) is 4.66. The van der Waals surface area contributed by atoms with Crippen molar-refractivity contribution in [2.45, 2.75) is 56.8 Å². The Hall–Kier alpha value is -1.30. The average molecular weight is 352 g/mol. The monoisotopic (exact) mass is 352 g/mol. The molecule has 5 nitrogen and oxygen atoms in total. The van der Waals surface area contributed by atoms with Gasteiger partial charge in [-0.3, -0.25) is 4.90 Å². The Labute approximate surface area is 155 Å². The van der Waals surface area contributed by atoms with Gasteiger partial charge in [0.15, 0.2) is 11.5 Å². The number of methoxy groups -OCH3 is 2. The van der Waals surface area contributed by atoms with Crippen LogP contribution in [0.4, 0.5) is 0 Å². The Morgan fingerprint density at radius 3 is 2.84 bits per heavy atom. The first-order valence-corrected chi connectivity index (χ1v) is 9.25. The van der Waals surface area contributed by atoms with Crippen LogP contribution in [0, 0.1) is 0 Å². The number of benzene rings is 1. The molecule has 2 fully saturated rings. The van der Waals surface area contributed by atoms with E-state index in [1.807, 2.05) is 6.07 Å². The summed E-state index contributed by atoms with van der Waals surface area (Å²) in [7, 11) is -1.00. The lowest BCUT2D eigenvalue weighted by molar-refractivity contribution is -0.0316. The van der Waals surface area contributed by atoms with E-state index in [2.05, 4.69) is 4.90 Å². The van der Waals surface area contributed by atoms with Gasteiger partial charge in [0.05, 0.1) is 37.1 Å². The molecule has 0 bridgehead atoms. The summed E-state index contributed by atoms with van der Waals surface area (Å²) in [5.41, 5.74) is 1.01. The van der Waals surface area contributed by atoms with E-state index in [0.717, 1.165) is 44.3 Å². The minimum absolute atomic E-state index is 0.203. The van der Waals surface area contributed by atoms with E-state index in [1.165, 1.54) is 20.0 Å². The second kappa shape index (κ2) is 8.88. The summed E-state index contributed by atoms with van der Waals surface area (Å²) in [5, 5.41) is 9.84. The van der Waals surface area contributed by atoms with Crippen LogP contribution in [0.5, 0.6) is 11.5 Å². The van der Waals surface area contributed by atoms with Crippen LogP contribution in [-0.2, 0) is 11.2 Å². The second-order valence-electron chi connectivity index (χ2n) is 7.04. The fraction of sp³-hybridized carbons (Fsp3) is 0.700. The van der Waals surface area contributed by atoms with Gasteiger partial charge >= 0.3 is 0 Å². The molecule has 1 heterocycles. The number of ether oxygens (including phenoxy) is 3. The zero-order chi connectivity index (χ0) is 20.1. The van der Waals surface area contributed by atoms with Crippen LogP contribution >= 0.6 is 0 Å². The normalized spacial score (nSPS) is 29.7. The number of aliphatic hydroxyl groups excluding tert-OH is 1. The molecule has 0 spiro atoms. The summed E-state index contributed by atoms with van der Waals surface area (Å²) < 4.78 is 38.2. The smallest absolute Gasteiger partial charge is 0.160 e. The molecule has 1 saturated heterocycles. The molecule has 0 amide bonds. The predicted molar refractivity (Wildman–Crippen MR) is 97.4 cm³/mol. The second-order valence-corrected chi connectivity index (χ2v) is 7.04. The van der Waals surface area contributed by atoms with Crippen LogP contribution in [-0.4, -0.2) is 62.1 Å². The van der Waals surface area contributed by atoms with Crippen LogP contribution in [0.15, 0.2) is 18.2 Å². The average Bonchev–Trinajstić information content (AvgIpc) is 3.08. The van der Waals surface area contributed by atoms with Gasteiger partial charge in [-0.1, -0.05) is 18.9 Å². The van der Waals surface area contributed by atoms with Gasteiger partial charge < -0.3 is 19.3 Å². The fourth-order valence-electron chi connectivity index (χ4n) is 4.04. The van der Waals surface area contributed by atoms with E-state index in [4.69, 9.17) is 18.3 Å². The molecule has 2 aliphatic rings. The summed E-state index contributed by atoms with van der Waals surface area (Å²) in [6.07, 6.45) is 6.18. The summed E-state index contributed by atoms with van der Waals surface area (Å²) in [5.74, 6) is 0.627. The third-order valence-electron chi connectivity index (χ3n) is 5.39. The van der Waals surface area contributed by atoms with Crippen molar-refractivity contribution < 1.29 is 23.4 Å². The minimum atomic E-state index is -2.50. The molecule has 1 aromatic rings. The highest BCUT2D eigenvalue weighted by atomic mass is 16.5. The van der Waals surface area contributed by atoms with Crippen molar-refractivity contribution in [1.29, 1.82) is 0 Å². The minimum Gasteiger partial charge on any atom is -0.493 e. The number of nitrogens with zero attached hydrogens (tertiary/aromatic N) is 1. The first-order chi connectivity index (χ1) is 13.4. The lowest BCUT2D eigenvalue weighted by Crippen LogP contribution is -2.46. The molecule has 1 saturated carbocycles. The van der Waals surface area contributed by atoms with Crippen LogP contribution in [0.3, 0.4) is 0 Å². The molecule has 25 heavy (non-hydrogen) atoms. The maximum absolute atomic E-state index is 9.84. The van der Waals surface area contributed by atoms with Crippen molar-refractivity contribution in [3.05, 3.63) is 23.8 Å². The molecule has 1 aromatic carbocycles. The third-order valence-corrected chi connectivity index (χ3v) is 5.39. The first kappa shape index (κ1) is 14.8. The molecule has 1 unspecified atom stereocenters. The van der Waals surface area contributed by atoms with Gasteiger partial charge in [-0.25, -0.2) is 0 Å². The lowest BCUT2D eigenvalue weighted by Gasteiger charge is -2.37. The molecule has 3 atom stereocenters. The zero-order valence-corrected chi connectivity index (χ0v) is 14.9. The van der Waals surface area contributed by atoms with Gasteiger partial charge in [-0.2, -0.15) is 0 Å². The molecule has 0 radical (unpaired) electrons. The highest BCUT2D eigenvalue weighted by molar-refractivity contribution is 5.42. The van der Waals surface area contributed by atoms with Gasteiger partial charge in [-0.05, 0) is 43.4 Å². The Kier molecular flexibility index (Phi) is 5.26. The number of aliphatic hydroxyl groups is 1. The van der Waals surface area contributed by atoms with Crippen LogP contribution < -0.4 is 9.47 Å². The van der Waals surface area contributed by atoms with Crippen LogP contribution in [0.2, 0.25) is 0 Å². The SMILES string of the molecule is [2H]C([2H])([2H])Oc1ccc(CCO[C@@H]2CCCC[C@H]2N2CCC(O)C2)cc1OC. The van der Waals surface area contributed by atoms with Gasteiger partial charge in [0, 0.05) is 19.1 Å². The van der Waals surface area contributed by atoms with Gasteiger partial charge in [0.1, 0.15) is 0 Å². The van der Waals surface area contributed by atoms with Gasteiger partial charge in [-0.15, -0.1) is 0 Å². The molecule has 140 valence electrons. The summed E-state index contributed by atoms with van der Waals surface area (Å²) in [6.45, 7) is 2.31. The first-order valence-electron chi connectivity index (χ1n) is 10.8. The Balaban J connectivity index is 1.54. The standard InChI is InChI=1S/C20H31NO4/c1-23-19-8-7-15(13-20(19)24-2)10-12-25-18-6-4-3-5-17(18)21-11-9-16(22)14-21/h7-8,13,16-18,22H,3-6,9-12,14H2,1-2H3/t16?,17-,18-/m1/s1/i1D3. The van der Waals surface area contributed by atoms with Gasteiger partial charge in [0.2, 0.25) is 0 Å². The maximum Gasteiger partial charge on any atom is 0.160 e. The van der Waals surface area contributed by atoms with Crippen LogP contribution in [0.1, 0.15) is 41.8 Å². The van der Waals surface area contributed by atoms with Crippen molar-refractivity contribution in [2.75, 3.05) is 33.8 Å². The van der Waals surface area contributed by atoms with E-state index in [1.54, 1.807) is 12.1 Å². The molecule has 1 aliphatic carbocycles. The van der Waals surface area contributed by atoms with Crippen LogP contribution in [0.25, 0.3) is 0 Å². The highest BCUT2D eigenvalue weighted by Crippen LogP contribution is 2.30. The molecular weight excluding hydrogens is 318 g/mol. The molecule has 1 N–H and O–H groups in total. The topological polar surface area (TPSA) is 51.2 Å². The van der Waals surface area contributed by atoms with E-state index >= 15 is 0 Å². The Morgan fingerprint density at radius 1 is 1.20 bits per heavy atom. The van der Waals surface area contributed by atoms with Crippen molar-refractivity contribution in [1.82, 2.24) is 4.90 Å².